The molecule has 0 saturated heterocycles. The van der Waals surface area contributed by atoms with Crippen LogP contribution in [0.25, 0.3) is 0 Å². The number of carbonyl (C=O) groups excluding carboxylic acids is 2. The Morgan fingerprint density at radius 1 is 0.674 bits per heavy atom. The smallest absolute Gasteiger partial charge is 0.312 e. The van der Waals surface area contributed by atoms with E-state index < -0.39 is 5.60 Å². The Kier molecular flexibility index (Phi) is 24.4. The Balaban J connectivity index is 2.35. The van der Waals surface area contributed by atoms with Crippen LogP contribution in [0.2, 0.25) is 0 Å². The van der Waals surface area contributed by atoms with Crippen molar-refractivity contribution in [1.82, 2.24) is 0 Å². The summed E-state index contributed by atoms with van der Waals surface area (Å²) < 4.78 is 12.3. The molecular weight excluding hydrogens is 532 g/mol. The van der Waals surface area contributed by atoms with Gasteiger partial charge in [0.05, 0.1) is 18.6 Å². The van der Waals surface area contributed by atoms with Gasteiger partial charge in [-0.3, -0.25) is 4.79 Å². The lowest BCUT2D eigenvalue weighted by Gasteiger charge is -2.29. The van der Waals surface area contributed by atoms with Gasteiger partial charge in [-0.05, 0) is 45.6 Å². The first-order valence-electron chi connectivity index (χ1n) is 18.2. The molecule has 0 heterocycles. The van der Waals surface area contributed by atoms with Crippen molar-refractivity contribution in [3.05, 3.63) is 35.9 Å². The lowest BCUT2D eigenvalue weighted by molar-refractivity contribution is -0.167. The number of carbonyl (C=O) groups is 2. The van der Waals surface area contributed by atoms with Gasteiger partial charge in [0.1, 0.15) is 11.9 Å². The van der Waals surface area contributed by atoms with Crippen molar-refractivity contribution in [3.63, 3.8) is 0 Å². The summed E-state index contributed by atoms with van der Waals surface area (Å²) in [6.07, 6.45) is 28.9. The molecule has 0 aliphatic carbocycles. The van der Waals surface area contributed by atoms with E-state index in [2.05, 4.69) is 19.1 Å². The van der Waals surface area contributed by atoms with Crippen molar-refractivity contribution < 1.29 is 19.1 Å². The highest BCUT2D eigenvalue weighted by molar-refractivity contribution is 5.73. The van der Waals surface area contributed by atoms with Gasteiger partial charge in [0, 0.05) is 6.42 Å². The predicted molar refractivity (Wildman–Crippen MR) is 182 cm³/mol. The molecule has 2 atom stereocenters. The van der Waals surface area contributed by atoms with E-state index in [1.165, 1.54) is 103 Å². The molecule has 248 valence electrons. The van der Waals surface area contributed by atoms with Crippen molar-refractivity contribution in [2.24, 2.45) is 5.92 Å². The first kappa shape index (κ1) is 39.3. The zero-order valence-corrected chi connectivity index (χ0v) is 28.7. The number of aldehydes is 1. The average Bonchev–Trinajstić information content (AvgIpc) is 2.98. The largest absolute Gasteiger partial charge is 0.460 e. The maximum Gasteiger partial charge on any atom is 0.312 e. The maximum atomic E-state index is 13.4. The maximum absolute atomic E-state index is 13.4. The molecule has 0 bridgehead atoms. The van der Waals surface area contributed by atoms with Gasteiger partial charge in [-0.1, -0.05) is 159 Å². The second kappa shape index (κ2) is 26.7. The molecule has 0 aromatic heterocycles. The van der Waals surface area contributed by atoms with Crippen LogP contribution < -0.4 is 0 Å². The zero-order chi connectivity index (χ0) is 31.4. The number of hydrogen-bond donors (Lipinski definition) is 0. The molecule has 0 N–H and O–H groups in total. The van der Waals surface area contributed by atoms with Crippen molar-refractivity contribution in [2.45, 2.75) is 194 Å². The molecular formula is C39H68O4. The fourth-order valence-corrected chi connectivity index (χ4v) is 5.85. The van der Waals surface area contributed by atoms with Crippen molar-refractivity contribution in [2.75, 3.05) is 0 Å². The normalized spacial score (nSPS) is 13.1. The molecule has 0 fully saturated rings. The first-order chi connectivity index (χ1) is 20.9. The fourth-order valence-electron chi connectivity index (χ4n) is 5.85. The van der Waals surface area contributed by atoms with E-state index in [1.54, 1.807) is 0 Å². The Hall–Kier alpha value is -1.68. The van der Waals surface area contributed by atoms with Gasteiger partial charge in [0.2, 0.25) is 0 Å². The third-order valence-electron chi connectivity index (χ3n) is 8.39. The summed E-state index contributed by atoms with van der Waals surface area (Å²) in [5.41, 5.74) is 0.585. The minimum atomic E-state index is -0.523. The SMILES string of the molecule is CCCCCCCCCCCCCCCCCCCC[C@@H](C(=O)OC(C)(C)C)[C@@H](CCCCC=O)OCc1ccccc1. The van der Waals surface area contributed by atoms with Crippen LogP contribution in [0.4, 0.5) is 0 Å². The zero-order valence-electron chi connectivity index (χ0n) is 28.7. The van der Waals surface area contributed by atoms with Crippen LogP contribution in [-0.4, -0.2) is 24.0 Å². The van der Waals surface area contributed by atoms with Gasteiger partial charge < -0.3 is 14.3 Å². The Morgan fingerprint density at radius 2 is 1.14 bits per heavy atom. The molecule has 1 aromatic carbocycles. The van der Waals surface area contributed by atoms with Crippen LogP contribution in [0.1, 0.15) is 181 Å². The quantitative estimate of drug-likeness (QED) is 0.0521. The molecule has 0 amide bonds. The van der Waals surface area contributed by atoms with Crippen LogP contribution in [0, 0.1) is 5.92 Å². The van der Waals surface area contributed by atoms with E-state index in [9.17, 15) is 9.59 Å². The summed E-state index contributed by atoms with van der Waals surface area (Å²) in [4.78, 5) is 24.2. The van der Waals surface area contributed by atoms with Crippen molar-refractivity contribution >= 4 is 12.3 Å². The summed E-state index contributed by atoms with van der Waals surface area (Å²) >= 11 is 0. The van der Waals surface area contributed by atoms with E-state index >= 15 is 0 Å². The summed E-state index contributed by atoms with van der Waals surface area (Å²) in [7, 11) is 0. The summed E-state index contributed by atoms with van der Waals surface area (Å²) in [5.74, 6) is -0.423. The third kappa shape index (κ3) is 23.4. The van der Waals surface area contributed by atoms with Gasteiger partial charge >= 0.3 is 5.97 Å². The molecule has 43 heavy (non-hydrogen) atoms. The monoisotopic (exact) mass is 601 g/mol. The molecule has 0 aliphatic heterocycles. The van der Waals surface area contributed by atoms with Crippen LogP contribution >= 0.6 is 0 Å². The second-order valence-corrected chi connectivity index (χ2v) is 13.7. The third-order valence-corrected chi connectivity index (χ3v) is 8.39. The lowest BCUT2D eigenvalue weighted by Crippen LogP contribution is -2.36. The van der Waals surface area contributed by atoms with Gasteiger partial charge in [-0.25, -0.2) is 0 Å². The highest BCUT2D eigenvalue weighted by atomic mass is 16.6. The van der Waals surface area contributed by atoms with E-state index in [1.807, 2.05) is 39.0 Å². The molecule has 1 aromatic rings. The van der Waals surface area contributed by atoms with E-state index in [0.29, 0.717) is 13.0 Å². The van der Waals surface area contributed by atoms with Crippen LogP contribution in [0.3, 0.4) is 0 Å². The molecule has 1 rings (SSSR count). The van der Waals surface area contributed by atoms with E-state index in [4.69, 9.17) is 9.47 Å². The lowest BCUT2D eigenvalue weighted by atomic mass is 9.91. The minimum absolute atomic E-state index is 0.145. The molecule has 0 radical (unpaired) electrons. The number of unbranched alkanes of at least 4 members (excludes halogenated alkanes) is 19. The fraction of sp³-hybridized carbons (Fsp3) is 0.795. The summed E-state index contributed by atoms with van der Waals surface area (Å²) in [6.45, 7) is 8.57. The summed E-state index contributed by atoms with van der Waals surface area (Å²) in [6, 6.07) is 10.2. The second-order valence-electron chi connectivity index (χ2n) is 13.7. The van der Waals surface area contributed by atoms with Crippen LogP contribution in [0.5, 0.6) is 0 Å². The number of esters is 1. The number of rotatable bonds is 29. The highest BCUT2D eigenvalue weighted by Crippen LogP contribution is 2.27. The highest BCUT2D eigenvalue weighted by Gasteiger charge is 2.32. The van der Waals surface area contributed by atoms with Crippen molar-refractivity contribution in [3.8, 4) is 0 Å². The van der Waals surface area contributed by atoms with E-state index in [-0.39, 0.29) is 18.0 Å². The van der Waals surface area contributed by atoms with Crippen molar-refractivity contribution in [1.29, 1.82) is 0 Å². The van der Waals surface area contributed by atoms with Crippen LogP contribution in [-0.2, 0) is 25.7 Å². The van der Waals surface area contributed by atoms with Crippen LogP contribution in [0.15, 0.2) is 30.3 Å². The molecule has 0 aliphatic rings. The minimum Gasteiger partial charge on any atom is -0.460 e. The van der Waals surface area contributed by atoms with Gasteiger partial charge in [-0.15, -0.1) is 0 Å². The first-order valence-corrected chi connectivity index (χ1v) is 18.2. The standard InChI is InChI=1S/C39H68O4/c1-5-6-7-8-9-10-11-12-13-14-15-16-17-18-19-20-21-26-31-36(38(41)43-39(2,3)4)37(32-27-23-28-33-40)42-34-35-29-24-22-25-30-35/h22,24-25,29-30,33,36-37H,5-21,23,26-28,31-32,34H2,1-4H3/t36-,37-/m1/s1. The topological polar surface area (TPSA) is 52.6 Å². The molecule has 0 spiro atoms. The Bertz CT molecular complexity index is 769. The predicted octanol–water partition coefficient (Wildman–Crippen LogP) is 11.7. The molecule has 0 unspecified atom stereocenters. The number of benzene rings is 1. The Morgan fingerprint density at radius 3 is 1.60 bits per heavy atom. The average molecular weight is 601 g/mol. The van der Waals surface area contributed by atoms with Gasteiger partial charge in [-0.2, -0.15) is 0 Å². The molecule has 0 saturated carbocycles. The van der Waals surface area contributed by atoms with Gasteiger partial charge in [0.15, 0.2) is 0 Å². The van der Waals surface area contributed by atoms with Gasteiger partial charge in [0.25, 0.3) is 0 Å². The molecule has 4 heteroatoms. The molecule has 4 nitrogen and oxygen atoms in total. The number of ether oxygens (including phenoxy) is 2. The van der Waals surface area contributed by atoms with E-state index in [0.717, 1.165) is 50.4 Å². The summed E-state index contributed by atoms with van der Waals surface area (Å²) in [5, 5.41) is 0. The Labute approximate surface area is 266 Å². The number of hydrogen-bond acceptors (Lipinski definition) is 4.